The molecule has 1 aromatic carbocycles. The van der Waals surface area contributed by atoms with Gasteiger partial charge in [0.05, 0.1) is 20.3 Å². The number of nitrogens with zero attached hydrogens (tertiary/aromatic N) is 2. The minimum absolute atomic E-state index is 0.468. The van der Waals surface area contributed by atoms with Crippen LogP contribution < -0.4 is 10.5 Å². The summed E-state index contributed by atoms with van der Waals surface area (Å²) in [6, 6.07) is 5.88. The van der Waals surface area contributed by atoms with Gasteiger partial charge in [0.2, 0.25) is 0 Å². The Labute approximate surface area is 135 Å². The molecule has 0 unspecified atom stereocenters. The standard InChI is InChI=1S/C14H17Br2N3O/c1-3-19-12(14(16)9(2)18-19)8-20-13-5-4-10(7-17)6-11(13)15/h4-6H,3,7-8,17H2,1-2H3. The van der Waals surface area contributed by atoms with Gasteiger partial charge in [-0.3, -0.25) is 4.68 Å². The minimum Gasteiger partial charge on any atom is -0.486 e. The molecule has 20 heavy (non-hydrogen) atoms. The first-order valence-corrected chi connectivity index (χ1v) is 7.98. The minimum atomic E-state index is 0.468. The smallest absolute Gasteiger partial charge is 0.134 e. The third-order valence-electron chi connectivity index (χ3n) is 3.05. The molecule has 0 spiro atoms. The number of ether oxygens (including phenoxy) is 1. The van der Waals surface area contributed by atoms with Crippen LogP contribution in [0.2, 0.25) is 0 Å². The van der Waals surface area contributed by atoms with Crippen molar-refractivity contribution in [3.8, 4) is 5.75 Å². The van der Waals surface area contributed by atoms with Gasteiger partial charge in [-0.1, -0.05) is 6.07 Å². The van der Waals surface area contributed by atoms with Crippen molar-refractivity contribution in [2.45, 2.75) is 33.5 Å². The first-order valence-electron chi connectivity index (χ1n) is 6.39. The lowest BCUT2D eigenvalue weighted by atomic mass is 10.2. The van der Waals surface area contributed by atoms with Gasteiger partial charge in [-0.15, -0.1) is 0 Å². The molecule has 2 N–H and O–H groups in total. The van der Waals surface area contributed by atoms with E-state index < -0.39 is 0 Å². The predicted molar refractivity (Wildman–Crippen MR) is 86.7 cm³/mol. The summed E-state index contributed by atoms with van der Waals surface area (Å²) in [5.41, 5.74) is 8.70. The lowest BCUT2D eigenvalue weighted by molar-refractivity contribution is 0.290. The third kappa shape index (κ3) is 3.24. The second-order valence-corrected chi connectivity index (χ2v) is 6.07. The van der Waals surface area contributed by atoms with E-state index in [0.29, 0.717) is 13.2 Å². The van der Waals surface area contributed by atoms with Crippen LogP contribution in [-0.2, 0) is 19.7 Å². The van der Waals surface area contributed by atoms with Gasteiger partial charge in [-0.25, -0.2) is 0 Å². The second kappa shape index (κ2) is 6.74. The molecule has 0 aliphatic rings. The average molecular weight is 403 g/mol. The van der Waals surface area contributed by atoms with E-state index in [1.807, 2.05) is 29.8 Å². The van der Waals surface area contributed by atoms with Crippen LogP contribution >= 0.6 is 31.9 Å². The molecule has 0 atom stereocenters. The normalized spacial score (nSPS) is 10.8. The van der Waals surface area contributed by atoms with Gasteiger partial charge in [0.15, 0.2) is 0 Å². The maximum Gasteiger partial charge on any atom is 0.134 e. The molecule has 0 radical (unpaired) electrons. The number of aryl methyl sites for hydroxylation is 2. The molecule has 0 aliphatic heterocycles. The highest BCUT2D eigenvalue weighted by Gasteiger charge is 2.13. The fourth-order valence-corrected chi connectivity index (χ4v) is 2.88. The Morgan fingerprint density at radius 1 is 1.35 bits per heavy atom. The van der Waals surface area contributed by atoms with Crippen molar-refractivity contribution in [2.75, 3.05) is 0 Å². The third-order valence-corrected chi connectivity index (χ3v) is 4.70. The van der Waals surface area contributed by atoms with Gasteiger partial charge in [-0.2, -0.15) is 5.10 Å². The van der Waals surface area contributed by atoms with E-state index in [9.17, 15) is 0 Å². The van der Waals surface area contributed by atoms with Gasteiger partial charge >= 0.3 is 0 Å². The van der Waals surface area contributed by atoms with Crippen molar-refractivity contribution < 1.29 is 4.74 Å². The molecule has 2 rings (SSSR count). The highest BCUT2D eigenvalue weighted by molar-refractivity contribution is 9.10. The molecule has 1 aromatic heterocycles. The van der Waals surface area contributed by atoms with E-state index in [1.165, 1.54) is 0 Å². The maximum absolute atomic E-state index is 5.88. The van der Waals surface area contributed by atoms with Crippen LogP contribution in [0, 0.1) is 6.92 Å². The van der Waals surface area contributed by atoms with Gasteiger partial charge in [0, 0.05) is 13.1 Å². The number of halogens is 2. The fraction of sp³-hybridized carbons (Fsp3) is 0.357. The molecule has 2 aromatic rings. The zero-order chi connectivity index (χ0) is 14.7. The largest absolute Gasteiger partial charge is 0.486 e. The number of rotatable bonds is 5. The summed E-state index contributed by atoms with van der Waals surface area (Å²) in [6.07, 6.45) is 0. The van der Waals surface area contributed by atoms with E-state index in [0.717, 1.165) is 38.2 Å². The van der Waals surface area contributed by atoms with Crippen LogP contribution in [0.1, 0.15) is 23.9 Å². The van der Waals surface area contributed by atoms with E-state index >= 15 is 0 Å². The van der Waals surface area contributed by atoms with Gasteiger partial charge in [0.1, 0.15) is 12.4 Å². The Morgan fingerprint density at radius 3 is 2.70 bits per heavy atom. The Bertz CT molecular complexity index is 611. The van der Waals surface area contributed by atoms with Crippen LogP contribution in [0.4, 0.5) is 0 Å². The van der Waals surface area contributed by atoms with Crippen LogP contribution in [0.5, 0.6) is 5.75 Å². The van der Waals surface area contributed by atoms with E-state index in [4.69, 9.17) is 10.5 Å². The molecule has 1 heterocycles. The molecule has 108 valence electrons. The zero-order valence-corrected chi connectivity index (χ0v) is 14.7. The topological polar surface area (TPSA) is 53.1 Å². The van der Waals surface area contributed by atoms with E-state index in [1.54, 1.807) is 0 Å². The lowest BCUT2D eigenvalue weighted by Gasteiger charge is -2.11. The van der Waals surface area contributed by atoms with Gasteiger partial charge < -0.3 is 10.5 Å². The average Bonchev–Trinajstić information content (AvgIpc) is 2.73. The SMILES string of the molecule is CCn1nc(C)c(Br)c1COc1ccc(CN)cc1Br. The zero-order valence-electron chi connectivity index (χ0n) is 11.5. The molecule has 4 nitrogen and oxygen atoms in total. The Kier molecular flexibility index (Phi) is 5.23. The summed E-state index contributed by atoms with van der Waals surface area (Å²) in [6.45, 7) is 5.85. The Morgan fingerprint density at radius 2 is 2.10 bits per heavy atom. The summed E-state index contributed by atoms with van der Waals surface area (Å²) in [4.78, 5) is 0. The number of aromatic nitrogens is 2. The molecule has 6 heteroatoms. The van der Waals surface area contributed by atoms with Crippen molar-refractivity contribution in [3.63, 3.8) is 0 Å². The molecule has 0 aliphatic carbocycles. The highest BCUT2D eigenvalue weighted by Crippen LogP contribution is 2.28. The predicted octanol–water partition coefficient (Wildman–Crippen LogP) is 3.77. The second-order valence-electron chi connectivity index (χ2n) is 4.42. The van der Waals surface area contributed by atoms with E-state index in [2.05, 4.69) is 43.9 Å². The van der Waals surface area contributed by atoms with Crippen molar-refractivity contribution in [1.82, 2.24) is 9.78 Å². The summed E-state index contributed by atoms with van der Waals surface area (Å²) in [7, 11) is 0. The summed E-state index contributed by atoms with van der Waals surface area (Å²) in [5.74, 6) is 0.801. The van der Waals surface area contributed by atoms with Gasteiger partial charge in [0.25, 0.3) is 0 Å². The lowest BCUT2D eigenvalue weighted by Crippen LogP contribution is -2.07. The van der Waals surface area contributed by atoms with Crippen LogP contribution in [0.3, 0.4) is 0 Å². The molecule has 0 fully saturated rings. The highest BCUT2D eigenvalue weighted by atomic mass is 79.9. The van der Waals surface area contributed by atoms with Crippen LogP contribution in [0.15, 0.2) is 27.1 Å². The molecule has 0 amide bonds. The molecule has 0 saturated carbocycles. The number of hydrogen-bond donors (Lipinski definition) is 1. The number of benzene rings is 1. The summed E-state index contributed by atoms with van der Waals surface area (Å²) >= 11 is 7.07. The summed E-state index contributed by atoms with van der Waals surface area (Å²) in [5, 5.41) is 4.45. The van der Waals surface area contributed by atoms with Crippen LogP contribution in [0.25, 0.3) is 0 Å². The van der Waals surface area contributed by atoms with E-state index in [-0.39, 0.29) is 0 Å². The molecular weight excluding hydrogens is 386 g/mol. The fourth-order valence-electron chi connectivity index (χ4n) is 1.94. The maximum atomic E-state index is 5.88. The quantitative estimate of drug-likeness (QED) is 0.827. The Balaban J connectivity index is 2.17. The first-order chi connectivity index (χ1) is 9.56. The Hall–Kier alpha value is -0.850. The first kappa shape index (κ1) is 15.5. The van der Waals surface area contributed by atoms with Crippen molar-refractivity contribution in [3.05, 3.63) is 44.1 Å². The molecular formula is C14H17Br2N3O. The number of hydrogen-bond acceptors (Lipinski definition) is 3. The van der Waals surface area contributed by atoms with Crippen molar-refractivity contribution >= 4 is 31.9 Å². The monoisotopic (exact) mass is 401 g/mol. The van der Waals surface area contributed by atoms with Crippen molar-refractivity contribution in [1.29, 1.82) is 0 Å². The molecule has 0 bridgehead atoms. The number of nitrogens with two attached hydrogens (primary N) is 1. The summed E-state index contributed by atoms with van der Waals surface area (Å²) < 4.78 is 9.75. The van der Waals surface area contributed by atoms with Crippen LogP contribution in [-0.4, -0.2) is 9.78 Å². The van der Waals surface area contributed by atoms with Gasteiger partial charge in [-0.05, 0) is 63.4 Å². The molecule has 0 saturated heterocycles. The van der Waals surface area contributed by atoms with Crippen molar-refractivity contribution in [2.24, 2.45) is 5.73 Å².